The summed E-state index contributed by atoms with van der Waals surface area (Å²) in [5.74, 6) is -0.580. The molecule has 0 saturated heterocycles. The number of hydrogen-bond donors (Lipinski definition) is 0. The molecule has 0 unspecified atom stereocenters. The average molecular weight is 151 g/mol. The minimum atomic E-state index is -0.605. The van der Waals surface area contributed by atoms with E-state index in [4.69, 9.17) is 5.26 Å². The van der Waals surface area contributed by atoms with Gasteiger partial charge < -0.3 is 4.74 Å². The quantitative estimate of drug-likeness (QED) is 0.266. The zero-order chi connectivity index (χ0) is 8.69. The number of rotatable bonds is 3. The number of ether oxygens (including phenoxy) is 1. The van der Waals surface area contributed by atoms with Gasteiger partial charge in [0.2, 0.25) is 5.76 Å². The molecule has 0 atom stereocenters. The fourth-order valence-electron chi connectivity index (χ4n) is 0.446. The molecule has 0 amide bonds. The first kappa shape index (κ1) is 9.44. The molecular formula is C8H9NO2. The summed E-state index contributed by atoms with van der Waals surface area (Å²) >= 11 is 0. The van der Waals surface area contributed by atoms with Crippen LogP contribution in [0.15, 0.2) is 24.5 Å². The Morgan fingerprint density at radius 2 is 2.45 bits per heavy atom. The molecule has 0 heterocycles. The highest BCUT2D eigenvalue weighted by Crippen LogP contribution is 1.97. The van der Waals surface area contributed by atoms with E-state index in [-0.39, 0.29) is 5.76 Å². The Balaban J connectivity index is 4.12. The summed E-state index contributed by atoms with van der Waals surface area (Å²) in [6.07, 6.45) is 3.20. The molecule has 0 aliphatic rings. The molecule has 3 heteroatoms. The highest BCUT2D eigenvalue weighted by molar-refractivity contribution is 5.82. The smallest absolute Gasteiger partial charge is 0.336 e. The highest BCUT2D eigenvalue weighted by atomic mass is 16.5. The summed E-state index contributed by atoms with van der Waals surface area (Å²) in [6.45, 7) is 5.04. The number of carbonyl (C=O) groups is 1. The van der Waals surface area contributed by atoms with Gasteiger partial charge in [0.1, 0.15) is 6.07 Å². The van der Waals surface area contributed by atoms with Gasteiger partial charge in [-0.15, -0.1) is 0 Å². The summed E-state index contributed by atoms with van der Waals surface area (Å²) in [5, 5.41) is 8.37. The van der Waals surface area contributed by atoms with Gasteiger partial charge >= 0.3 is 5.97 Å². The molecule has 0 fully saturated rings. The lowest BCUT2D eigenvalue weighted by Gasteiger charge is -1.95. The van der Waals surface area contributed by atoms with Crippen molar-refractivity contribution in [3.05, 3.63) is 24.5 Å². The van der Waals surface area contributed by atoms with E-state index in [2.05, 4.69) is 11.3 Å². The van der Waals surface area contributed by atoms with Gasteiger partial charge in [-0.2, -0.15) is 5.26 Å². The molecule has 0 rings (SSSR count). The Kier molecular flexibility index (Phi) is 4.50. The summed E-state index contributed by atoms with van der Waals surface area (Å²) in [7, 11) is 0. The molecule has 0 aliphatic carbocycles. The molecule has 0 aromatic rings. The molecule has 0 saturated carbocycles. The van der Waals surface area contributed by atoms with Gasteiger partial charge in [-0.25, -0.2) is 4.79 Å². The normalized spacial score (nSPS) is 10.0. The first-order valence-electron chi connectivity index (χ1n) is 3.19. The third-order valence-corrected chi connectivity index (χ3v) is 0.877. The summed E-state index contributed by atoms with van der Waals surface area (Å²) in [5.41, 5.74) is 0. The average Bonchev–Trinajstić information content (AvgIpc) is 2.03. The SMILES string of the molecule is C=CC(=O)O/C(C#N)=C/CC. The molecule has 0 radical (unpaired) electrons. The topological polar surface area (TPSA) is 50.1 Å². The standard InChI is InChI=1S/C8H9NO2/c1-3-5-7(6-9)11-8(10)4-2/h4-5H,2-3H2,1H3/b7-5+. The number of carbonyl (C=O) groups excluding carboxylic acids is 1. The Hall–Kier alpha value is -1.56. The molecule has 3 nitrogen and oxygen atoms in total. The van der Waals surface area contributed by atoms with Crippen molar-refractivity contribution in [1.29, 1.82) is 5.26 Å². The maximum Gasteiger partial charge on any atom is 0.336 e. The highest BCUT2D eigenvalue weighted by Gasteiger charge is 1.99. The Morgan fingerprint density at radius 3 is 2.82 bits per heavy atom. The van der Waals surface area contributed by atoms with Crippen molar-refractivity contribution in [3.8, 4) is 6.07 Å². The van der Waals surface area contributed by atoms with Crippen LogP contribution in [0.5, 0.6) is 0 Å². The van der Waals surface area contributed by atoms with Crippen LogP contribution in [-0.4, -0.2) is 5.97 Å². The third-order valence-electron chi connectivity index (χ3n) is 0.877. The molecule has 11 heavy (non-hydrogen) atoms. The van der Waals surface area contributed by atoms with E-state index in [0.717, 1.165) is 6.08 Å². The second-order valence-electron chi connectivity index (χ2n) is 1.71. The number of hydrogen-bond acceptors (Lipinski definition) is 3. The Morgan fingerprint density at radius 1 is 1.82 bits per heavy atom. The Labute approximate surface area is 65.6 Å². The summed E-state index contributed by atoms with van der Waals surface area (Å²) in [6, 6.07) is 1.74. The maximum absolute atomic E-state index is 10.5. The van der Waals surface area contributed by atoms with Crippen molar-refractivity contribution in [2.45, 2.75) is 13.3 Å². The second kappa shape index (κ2) is 5.24. The maximum atomic E-state index is 10.5. The minimum Gasteiger partial charge on any atom is -0.412 e. The molecule has 0 spiro atoms. The monoisotopic (exact) mass is 151 g/mol. The molecule has 0 bridgehead atoms. The van der Waals surface area contributed by atoms with Crippen molar-refractivity contribution in [2.75, 3.05) is 0 Å². The lowest BCUT2D eigenvalue weighted by molar-refractivity contribution is -0.133. The molecule has 0 N–H and O–H groups in total. The van der Waals surface area contributed by atoms with Gasteiger partial charge in [-0.3, -0.25) is 0 Å². The number of nitriles is 1. The molecule has 58 valence electrons. The van der Waals surface area contributed by atoms with Crippen LogP contribution >= 0.6 is 0 Å². The van der Waals surface area contributed by atoms with Crippen LogP contribution < -0.4 is 0 Å². The predicted octanol–water partition coefficient (Wildman–Crippen LogP) is 1.53. The van der Waals surface area contributed by atoms with Crippen molar-refractivity contribution < 1.29 is 9.53 Å². The first-order chi connectivity index (χ1) is 5.24. The van der Waals surface area contributed by atoms with Crippen molar-refractivity contribution in [3.63, 3.8) is 0 Å². The summed E-state index contributed by atoms with van der Waals surface area (Å²) in [4.78, 5) is 10.5. The molecule has 0 aromatic carbocycles. The lowest BCUT2D eigenvalue weighted by Crippen LogP contribution is -1.98. The van der Waals surface area contributed by atoms with Crippen LogP contribution in [0.1, 0.15) is 13.3 Å². The second-order valence-corrected chi connectivity index (χ2v) is 1.71. The first-order valence-corrected chi connectivity index (χ1v) is 3.19. The van der Waals surface area contributed by atoms with E-state index in [9.17, 15) is 4.79 Å². The zero-order valence-corrected chi connectivity index (χ0v) is 6.33. The van der Waals surface area contributed by atoms with Crippen molar-refractivity contribution in [1.82, 2.24) is 0 Å². The van der Waals surface area contributed by atoms with Gasteiger partial charge in [0, 0.05) is 6.08 Å². The predicted molar refractivity (Wildman–Crippen MR) is 40.3 cm³/mol. The zero-order valence-electron chi connectivity index (χ0n) is 6.33. The molecule has 0 aromatic heterocycles. The number of allylic oxidation sites excluding steroid dienone is 2. The van der Waals surface area contributed by atoms with E-state index in [1.807, 2.05) is 6.92 Å². The fourth-order valence-corrected chi connectivity index (χ4v) is 0.446. The van der Waals surface area contributed by atoms with Gasteiger partial charge in [0.05, 0.1) is 0 Å². The Bertz CT molecular complexity index is 223. The number of esters is 1. The lowest BCUT2D eigenvalue weighted by atomic mass is 10.4. The summed E-state index contributed by atoms with van der Waals surface area (Å²) < 4.78 is 4.53. The van der Waals surface area contributed by atoms with Gasteiger partial charge in [0.25, 0.3) is 0 Å². The van der Waals surface area contributed by atoms with Gasteiger partial charge in [-0.1, -0.05) is 13.5 Å². The molecular weight excluding hydrogens is 142 g/mol. The van der Waals surface area contributed by atoms with E-state index in [0.29, 0.717) is 6.42 Å². The molecule has 0 aliphatic heterocycles. The fraction of sp³-hybridized carbons (Fsp3) is 0.250. The number of nitrogens with zero attached hydrogens (tertiary/aromatic N) is 1. The van der Waals surface area contributed by atoms with Crippen LogP contribution in [-0.2, 0) is 9.53 Å². The van der Waals surface area contributed by atoms with Crippen molar-refractivity contribution >= 4 is 5.97 Å². The van der Waals surface area contributed by atoms with Crippen LogP contribution in [0, 0.1) is 11.3 Å². The van der Waals surface area contributed by atoms with E-state index in [1.54, 1.807) is 6.07 Å². The van der Waals surface area contributed by atoms with E-state index in [1.165, 1.54) is 6.08 Å². The van der Waals surface area contributed by atoms with Crippen LogP contribution in [0.4, 0.5) is 0 Å². The van der Waals surface area contributed by atoms with E-state index >= 15 is 0 Å². The van der Waals surface area contributed by atoms with Crippen LogP contribution in [0.2, 0.25) is 0 Å². The largest absolute Gasteiger partial charge is 0.412 e. The van der Waals surface area contributed by atoms with Gasteiger partial charge in [0.15, 0.2) is 0 Å². The van der Waals surface area contributed by atoms with Crippen LogP contribution in [0.3, 0.4) is 0 Å². The third kappa shape index (κ3) is 3.93. The van der Waals surface area contributed by atoms with E-state index < -0.39 is 5.97 Å². The van der Waals surface area contributed by atoms with Crippen LogP contribution in [0.25, 0.3) is 0 Å². The van der Waals surface area contributed by atoms with Gasteiger partial charge in [-0.05, 0) is 12.5 Å². The van der Waals surface area contributed by atoms with Crippen molar-refractivity contribution in [2.24, 2.45) is 0 Å². The minimum absolute atomic E-state index is 0.0254.